The van der Waals surface area contributed by atoms with Crippen LogP contribution < -0.4 is 24.2 Å². The van der Waals surface area contributed by atoms with E-state index >= 15 is 0 Å². The Labute approximate surface area is 203 Å². The van der Waals surface area contributed by atoms with E-state index < -0.39 is 23.5 Å². The first-order valence-electron chi connectivity index (χ1n) is 11.1. The van der Waals surface area contributed by atoms with Gasteiger partial charge in [0.1, 0.15) is 0 Å². The number of ether oxygens (including phenoxy) is 3. The van der Waals surface area contributed by atoms with Crippen molar-refractivity contribution in [2.24, 2.45) is 0 Å². The number of hydrogen-bond donors (Lipinski definition) is 1. The summed E-state index contributed by atoms with van der Waals surface area (Å²) in [7, 11) is 8.42. The monoisotopic (exact) mass is 480 g/mol. The van der Waals surface area contributed by atoms with Crippen molar-refractivity contribution in [1.82, 2.24) is 4.90 Å². The number of para-hydroxylation sites is 1. The van der Waals surface area contributed by atoms with Crippen LogP contribution in [-0.2, 0) is 4.79 Å². The van der Waals surface area contributed by atoms with Gasteiger partial charge in [-0.05, 0) is 35.6 Å². The highest BCUT2D eigenvalue weighted by molar-refractivity contribution is 6.16. The number of hydrogen-bond acceptors (Lipinski definition) is 7. The predicted octanol–water partition coefficient (Wildman–Crippen LogP) is 0.984. The molecule has 1 aliphatic heterocycles. The van der Waals surface area contributed by atoms with E-state index in [2.05, 4.69) is 0 Å². The molecular formula is C26H28N2O7. The number of fused-ring (bicyclic) bond motifs is 1. The molecule has 9 heteroatoms. The zero-order valence-corrected chi connectivity index (χ0v) is 20.3. The number of Topliss-reactive ketones (excluding diaryl/α,β-unsaturated/α-hetero) is 1. The number of amides is 1. The van der Waals surface area contributed by atoms with Crippen LogP contribution in [0.25, 0.3) is 11.0 Å². The number of likely N-dealkylation sites (N-methyl/N-ethyl adjacent to an activating group) is 1. The van der Waals surface area contributed by atoms with Gasteiger partial charge in [0.15, 0.2) is 28.6 Å². The van der Waals surface area contributed by atoms with Gasteiger partial charge in [-0.2, -0.15) is 0 Å². The van der Waals surface area contributed by atoms with Crippen molar-refractivity contribution in [1.29, 1.82) is 0 Å². The lowest BCUT2D eigenvalue weighted by Crippen LogP contribution is -3.06. The van der Waals surface area contributed by atoms with E-state index in [4.69, 9.17) is 18.6 Å². The summed E-state index contributed by atoms with van der Waals surface area (Å²) in [4.78, 5) is 29.3. The number of methoxy groups -OCH3 is 3. The largest absolute Gasteiger partial charge is 0.868 e. The van der Waals surface area contributed by atoms with Crippen LogP contribution in [0.15, 0.2) is 58.2 Å². The third-order valence-electron chi connectivity index (χ3n) is 6.06. The molecule has 1 amide bonds. The van der Waals surface area contributed by atoms with Gasteiger partial charge in [0.05, 0.1) is 54.6 Å². The maximum absolute atomic E-state index is 13.7. The van der Waals surface area contributed by atoms with Gasteiger partial charge in [-0.1, -0.05) is 18.2 Å². The summed E-state index contributed by atoms with van der Waals surface area (Å²) in [5.74, 6) is -0.845. The first-order valence-corrected chi connectivity index (χ1v) is 11.1. The van der Waals surface area contributed by atoms with Crippen LogP contribution in [0.1, 0.15) is 22.2 Å². The minimum atomic E-state index is -0.892. The Kier molecular flexibility index (Phi) is 6.70. The molecule has 0 spiro atoms. The SMILES string of the molecule is COc1ccc(C2C(C(=O)c3cc4cccc(OC)c4o3)=C([O-])C(=O)N2CC[NH+](C)C)cc1OC. The molecule has 0 bridgehead atoms. The molecule has 184 valence electrons. The third-order valence-corrected chi connectivity index (χ3v) is 6.06. The van der Waals surface area contributed by atoms with Crippen LogP contribution in [0.5, 0.6) is 17.2 Å². The van der Waals surface area contributed by atoms with Crippen LogP contribution >= 0.6 is 0 Å². The van der Waals surface area contributed by atoms with Crippen molar-refractivity contribution in [2.45, 2.75) is 6.04 Å². The quantitative estimate of drug-likeness (QED) is 0.455. The van der Waals surface area contributed by atoms with Crippen molar-refractivity contribution < 1.29 is 38.2 Å². The van der Waals surface area contributed by atoms with E-state index in [1.54, 1.807) is 42.5 Å². The fraction of sp³-hybridized carbons (Fsp3) is 0.308. The summed E-state index contributed by atoms with van der Waals surface area (Å²) in [5, 5.41) is 13.9. The molecule has 0 radical (unpaired) electrons. The minimum Gasteiger partial charge on any atom is -0.868 e. The first kappa shape index (κ1) is 24.2. The van der Waals surface area contributed by atoms with Crippen molar-refractivity contribution in [3.63, 3.8) is 0 Å². The summed E-state index contributed by atoms with van der Waals surface area (Å²) in [6.45, 7) is 0.878. The topological polar surface area (TPSA) is 106 Å². The fourth-order valence-electron chi connectivity index (χ4n) is 4.26. The molecule has 0 saturated carbocycles. The summed E-state index contributed by atoms with van der Waals surface area (Å²) in [6.07, 6.45) is 0. The molecule has 2 heterocycles. The Morgan fingerprint density at radius 2 is 1.74 bits per heavy atom. The highest BCUT2D eigenvalue weighted by Gasteiger charge is 2.41. The predicted molar refractivity (Wildman–Crippen MR) is 126 cm³/mol. The summed E-state index contributed by atoms with van der Waals surface area (Å²) < 4.78 is 21.9. The molecule has 9 nitrogen and oxygen atoms in total. The van der Waals surface area contributed by atoms with Crippen molar-refractivity contribution in [3.05, 3.63) is 65.1 Å². The number of rotatable bonds is 9. The Hall–Kier alpha value is -3.98. The van der Waals surface area contributed by atoms with E-state index in [0.29, 0.717) is 40.3 Å². The lowest BCUT2D eigenvalue weighted by molar-refractivity contribution is -0.857. The number of quaternary nitrogens is 1. The zero-order chi connectivity index (χ0) is 25.3. The van der Waals surface area contributed by atoms with Crippen molar-refractivity contribution in [2.75, 3.05) is 48.5 Å². The fourth-order valence-corrected chi connectivity index (χ4v) is 4.26. The molecule has 1 atom stereocenters. The number of benzene rings is 2. The van der Waals surface area contributed by atoms with Crippen LogP contribution in [-0.4, -0.2) is 65.1 Å². The molecule has 1 unspecified atom stereocenters. The average molecular weight is 481 g/mol. The molecule has 2 aromatic carbocycles. The van der Waals surface area contributed by atoms with Gasteiger partial charge in [0.25, 0.3) is 0 Å². The number of carbonyl (C=O) groups is 2. The number of nitrogens with zero attached hydrogens (tertiary/aromatic N) is 1. The van der Waals surface area contributed by atoms with Gasteiger partial charge in [-0.15, -0.1) is 0 Å². The lowest BCUT2D eigenvalue weighted by Gasteiger charge is -2.28. The van der Waals surface area contributed by atoms with Gasteiger partial charge in [0.2, 0.25) is 11.7 Å². The van der Waals surface area contributed by atoms with Crippen LogP contribution in [0.2, 0.25) is 0 Å². The second-order valence-corrected chi connectivity index (χ2v) is 8.53. The summed E-state index contributed by atoms with van der Waals surface area (Å²) >= 11 is 0. The lowest BCUT2D eigenvalue weighted by atomic mass is 9.94. The van der Waals surface area contributed by atoms with E-state index in [1.165, 1.54) is 26.2 Å². The first-order chi connectivity index (χ1) is 16.8. The Bertz CT molecular complexity index is 1310. The third kappa shape index (κ3) is 4.30. The summed E-state index contributed by atoms with van der Waals surface area (Å²) in [6, 6.07) is 11.0. The molecule has 4 rings (SSSR count). The van der Waals surface area contributed by atoms with Gasteiger partial charge in [-0.25, -0.2) is 0 Å². The highest BCUT2D eigenvalue weighted by Crippen LogP contribution is 2.41. The molecule has 35 heavy (non-hydrogen) atoms. The van der Waals surface area contributed by atoms with Gasteiger partial charge < -0.3 is 33.5 Å². The number of nitrogens with one attached hydrogen (secondary N) is 1. The molecule has 0 fully saturated rings. The standard InChI is InChI=1S/C26H28N2O7/c1-27(2)11-12-28-22(15-9-10-17(32-3)19(13-15)34-5)21(24(30)26(28)31)23(29)20-14-16-7-6-8-18(33-4)25(16)35-20/h6-10,13-14,22,30H,11-12H2,1-5H3. The van der Waals surface area contributed by atoms with Crippen molar-refractivity contribution >= 4 is 22.7 Å². The Morgan fingerprint density at radius 1 is 1.03 bits per heavy atom. The van der Waals surface area contributed by atoms with Gasteiger partial charge in [-0.3, -0.25) is 9.59 Å². The normalized spacial score (nSPS) is 15.9. The zero-order valence-electron chi connectivity index (χ0n) is 20.3. The molecule has 1 aliphatic rings. The van der Waals surface area contributed by atoms with Crippen molar-refractivity contribution in [3.8, 4) is 17.2 Å². The minimum absolute atomic E-state index is 0.0359. The average Bonchev–Trinajstić information content (AvgIpc) is 3.41. The van der Waals surface area contributed by atoms with Crippen LogP contribution in [0, 0.1) is 0 Å². The Balaban J connectivity index is 1.83. The smallest absolute Gasteiger partial charge is 0.240 e. The maximum atomic E-state index is 13.7. The number of furan rings is 1. The number of ketones is 1. The highest BCUT2D eigenvalue weighted by atomic mass is 16.5. The maximum Gasteiger partial charge on any atom is 0.240 e. The molecule has 1 aromatic heterocycles. The van der Waals surface area contributed by atoms with Crippen LogP contribution in [0.3, 0.4) is 0 Å². The Morgan fingerprint density at radius 3 is 2.40 bits per heavy atom. The van der Waals surface area contributed by atoms with Gasteiger partial charge >= 0.3 is 0 Å². The van der Waals surface area contributed by atoms with E-state index in [1.807, 2.05) is 14.1 Å². The second kappa shape index (κ2) is 9.71. The van der Waals surface area contributed by atoms with E-state index in [-0.39, 0.29) is 17.9 Å². The molecular weight excluding hydrogens is 452 g/mol. The van der Waals surface area contributed by atoms with E-state index in [9.17, 15) is 14.7 Å². The van der Waals surface area contributed by atoms with Crippen LogP contribution in [0.4, 0.5) is 0 Å². The van der Waals surface area contributed by atoms with E-state index in [0.717, 1.165) is 4.90 Å². The second-order valence-electron chi connectivity index (χ2n) is 8.53. The molecule has 1 N–H and O–H groups in total. The summed E-state index contributed by atoms with van der Waals surface area (Å²) in [5.41, 5.74) is 0.799. The number of carbonyl (C=O) groups excluding carboxylic acids is 2. The molecule has 0 saturated heterocycles. The molecule has 3 aromatic rings. The van der Waals surface area contributed by atoms with Gasteiger partial charge in [0, 0.05) is 11.0 Å². The molecule has 0 aliphatic carbocycles.